The van der Waals surface area contributed by atoms with E-state index in [1.807, 2.05) is 36.4 Å². The maximum Gasteiger partial charge on any atom is 0.258 e. The van der Waals surface area contributed by atoms with Crippen LogP contribution >= 0.6 is 0 Å². The van der Waals surface area contributed by atoms with Gasteiger partial charge in [0.1, 0.15) is 0 Å². The van der Waals surface area contributed by atoms with Crippen LogP contribution in [0.1, 0.15) is 11.1 Å². The molecule has 0 aliphatic heterocycles. The molecule has 3 aromatic rings. The number of nitrogens with one attached hydrogen (secondary N) is 1. The molecule has 104 valence electrons. The van der Waals surface area contributed by atoms with Gasteiger partial charge in [-0.3, -0.25) is 14.8 Å². The van der Waals surface area contributed by atoms with Crippen LogP contribution in [0.4, 0.5) is 0 Å². The standard InChI is InChI=1S/C17H14N2O2/c20-16-14-9-5-4-8-13(14)15(17(21)19-16)11-18-10-12-6-2-1-3-7-12/h1-9,11H,10H2,(H2,19,20,21). The van der Waals surface area contributed by atoms with Crippen molar-refractivity contribution in [2.45, 2.75) is 6.54 Å². The van der Waals surface area contributed by atoms with Gasteiger partial charge in [-0.15, -0.1) is 0 Å². The van der Waals surface area contributed by atoms with Crippen LogP contribution in [0.2, 0.25) is 0 Å². The lowest BCUT2D eigenvalue weighted by Gasteiger charge is -2.04. The molecule has 0 unspecified atom stereocenters. The maximum absolute atomic E-state index is 11.8. The van der Waals surface area contributed by atoms with E-state index in [0.29, 0.717) is 22.9 Å². The van der Waals surface area contributed by atoms with E-state index in [9.17, 15) is 9.90 Å². The molecule has 0 aliphatic rings. The molecule has 2 N–H and O–H groups in total. The molecule has 2 aromatic carbocycles. The van der Waals surface area contributed by atoms with Gasteiger partial charge in [0.2, 0.25) is 5.88 Å². The molecule has 3 rings (SSSR count). The molecule has 4 heteroatoms. The predicted octanol–water partition coefficient (Wildman–Crippen LogP) is 2.85. The molecule has 4 nitrogen and oxygen atoms in total. The molecule has 1 heterocycles. The second-order valence-electron chi connectivity index (χ2n) is 4.72. The zero-order valence-electron chi connectivity index (χ0n) is 11.3. The minimum Gasteiger partial charge on any atom is -0.494 e. The molecule has 0 atom stereocenters. The minimum atomic E-state index is -0.302. The first-order valence-electron chi connectivity index (χ1n) is 6.63. The van der Waals surface area contributed by atoms with Gasteiger partial charge in [-0.1, -0.05) is 48.5 Å². The van der Waals surface area contributed by atoms with E-state index in [2.05, 4.69) is 9.98 Å². The maximum atomic E-state index is 11.8. The van der Waals surface area contributed by atoms with Crippen LogP contribution in [0.3, 0.4) is 0 Å². The highest BCUT2D eigenvalue weighted by Crippen LogP contribution is 2.20. The number of aromatic nitrogens is 1. The van der Waals surface area contributed by atoms with Gasteiger partial charge in [0.15, 0.2) is 0 Å². The van der Waals surface area contributed by atoms with Crippen molar-refractivity contribution in [3.63, 3.8) is 0 Å². The van der Waals surface area contributed by atoms with Crippen LogP contribution in [0, 0.1) is 0 Å². The zero-order valence-corrected chi connectivity index (χ0v) is 11.3. The van der Waals surface area contributed by atoms with Crippen molar-refractivity contribution in [2.75, 3.05) is 0 Å². The Bertz CT molecular complexity index is 852. The Morgan fingerprint density at radius 1 is 1.00 bits per heavy atom. The van der Waals surface area contributed by atoms with E-state index in [-0.39, 0.29) is 11.4 Å². The molecular weight excluding hydrogens is 264 g/mol. The highest BCUT2D eigenvalue weighted by atomic mass is 16.3. The minimum absolute atomic E-state index is 0.157. The van der Waals surface area contributed by atoms with Crippen LogP contribution < -0.4 is 5.56 Å². The van der Waals surface area contributed by atoms with Crippen LogP contribution in [0.25, 0.3) is 10.8 Å². The van der Waals surface area contributed by atoms with E-state index in [4.69, 9.17) is 0 Å². The number of benzene rings is 2. The summed E-state index contributed by atoms with van der Waals surface area (Å²) in [6.07, 6.45) is 1.60. The Labute approximate surface area is 121 Å². The number of aliphatic imine (C=N–C) groups is 1. The Morgan fingerprint density at radius 2 is 1.67 bits per heavy atom. The zero-order chi connectivity index (χ0) is 14.7. The highest BCUT2D eigenvalue weighted by Gasteiger charge is 2.08. The average Bonchev–Trinajstić information content (AvgIpc) is 2.51. The van der Waals surface area contributed by atoms with Crippen molar-refractivity contribution in [1.82, 2.24) is 4.98 Å². The largest absolute Gasteiger partial charge is 0.494 e. The number of hydrogen-bond acceptors (Lipinski definition) is 3. The van der Waals surface area contributed by atoms with Gasteiger partial charge in [-0.05, 0) is 11.6 Å². The lowest BCUT2D eigenvalue weighted by Crippen LogP contribution is -2.07. The van der Waals surface area contributed by atoms with Gasteiger partial charge in [0.25, 0.3) is 5.56 Å². The Morgan fingerprint density at radius 3 is 2.43 bits per heavy atom. The lowest BCUT2D eigenvalue weighted by atomic mass is 10.1. The first-order chi connectivity index (χ1) is 10.3. The Kier molecular flexibility index (Phi) is 3.51. The summed E-state index contributed by atoms with van der Waals surface area (Å²) in [5.74, 6) is -0.157. The summed E-state index contributed by atoms with van der Waals surface area (Å²) < 4.78 is 0. The molecule has 0 amide bonds. The second-order valence-corrected chi connectivity index (χ2v) is 4.72. The fourth-order valence-corrected chi connectivity index (χ4v) is 2.24. The van der Waals surface area contributed by atoms with Gasteiger partial charge in [0.05, 0.1) is 12.1 Å². The SMILES string of the molecule is O=c1[nH]c(O)c(C=NCc2ccccc2)c2ccccc12. The van der Waals surface area contributed by atoms with Gasteiger partial charge >= 0.3 is 0 Å². The lowest BCUT2D eigenvalue weighted by molar-refractivity contribution is 0.452. The number of aromatic hydroxyl groups is 1. The van der Waals surface area contributed by atoms with Crippen LogP contribution in [-0.4, -0.2) is 16.3 Å². The Hall–Kier alpha value is -2.88. The number of aromatic amines is 1. The van der Waals surface area contributed by atoms with E-state index < -0.39 is 0 Å². The normalized spacial score (nSPS) is 11.2. The number of pyridine rings is 1. The van der Waals surface area contributed by atoms with E-state index in [0.717, 1.165) is 5.56 Å². The second kappa shape index (κ2) is 5.63. The summed E-state index contributed by atoms with van der Waals surface area (Å²) in [5.41, 5.74) is 1.31. The van der Waals surface area contributed by atoms with Crippen molar-refractivity contribution < 1.29 is 5.11 Å². The van der Waals surface area contributed by atoms with Crippen molar-refractivity contribution in [1.29, 1.82) is 0 Å². The van der Waals surface area contributed by atoms with Crippen molar-refractivity contribution in [3.05, 3.63) is 76.1 Å². The molecule has 1 aromatic heterocycles. The third-order valence-corrected chi connectivity index (χ3v) is 3.29. The highest BCUT2D eigenvalue weighted by molar-refractivity contribution is 6.01. The third kappa shape index (κ3) is 2.69. The number of H-pyrrole nitrogens is 1. The number of fused-ring (bicyclic) bond motifs is 1. The van der Waals surface area contributed by atoms with E-state index >= 15 is 0 Å². The smallest absolute Gasteiger partial charge is 0.258 e. The fourth-order valence-electron chi connectivity index (χ4n) is 2.24. The molecular formula is C17H14N2O2. The Balaban J connectivity index is 1.99. The summed E-state index contributed by atoms with van der Waals surface area (Å²) in [6.45, 7) is 0.522. The summed E-state index contributed by atoms with van der Waals surface area (Å²) in [6, 6.07) is 17.0. The summed E-state index contributed by atoms with van der Waals surface area (Å²) in [7, 11) is 0. The van der Waals surface area contributed by atoms with Gasteiger partial charge in [-0.2, -0.15) is 0 Å². The van der Waals surface area contributed by atoms with Crippen molar-refractivity contribution in [2.24, 2.45) is 4.99 Å². The number of hydrogen-bond donors (Lipinski definition) is 2. The molecule has 0 saturated heterocycles. The monoisotopic (exact) mass is 278 g/mol. The predicted molar refractivity (Wildman–Crippen MR) is 84.0 cm³/mol. The van der Waals surface area contributed by atoms with E-state index in [1.165, 1.54) is 0 Å². The quantitative estimate of drug-likeness (QED) is 0.723. The van der Waals surface area contributed by atoms with E-state index in [1.54, 1.807) is 24.4 Å². The third-order valence-electron chi connectivity index (χ3n) is 3.29. The topological polar surface area (TPSA) is 65.5 Å². The molecule has 0 saturated carbocycles. The number of nitrogens with zero attached hydrogens (tertiary/aromatic N) is 1. The van der Waals surface area contributed by atoms with Crippen molar-refractivity contribution >= 4 is 17.0 Å². The summed E-state index contributed by atoms with van der Waals surface area (Å²) in [5, 5.41) is 11.2. The molecule has 21 heavy (non-hydrogen) atoms. The molecule has 0 spiro atoms. The van der Waals surface area contributed by atoms with Gasteiger partial charge in [0, 0.05) is 17.0 Å². The first-order valence-corrected chi connectivity index (χ1v) is 6.63. The van der Waals surface area contributed by atoms with Crippen LogP contribution in [-0.2, 0) is 6.54 Å². The van der Waals surface area contributed by atoms with Gasteiger partial charge in [-0.25, -0.2) is 0 Å². The summed E-state index contributed by atoms with van der Waals surface area (Å²) in [4.78, 5) is 18.6. The summed E-state index contributed by atoms with van der Waals surface area (Å²) >= 11 is 0. The van der Waals surface area contributed by atoms with Crippen molar-refractivity contribution in [3.8, 4) is 5.88 Å². The number of rotatable bonds is 3. The molecule has 0 bridgehead atoms. The molecule has 0 radical (unpaired) electrons. The fraction of sp³-hybridized carbons (Fsp3) is 0.0588. The van der Waals surface area contributed by atoms with Gasteiger partial charge < -0.3 is 5.11 Å². The molecule has 0 fully saturated rings. The van der Waals surface area contributed by atoms with Crippen LogP contribution in [0.5, 0.6) is 5.88 Å². The average molecular weight is 278 g/mol. The molecule has 0 aliphatic carbocycles. The first kappa shape index (κ1) is 13.1. The van der Waals surface area contributed by atoms with Crippen LogP contribution in [0.15, 0.2) is 64.4 Å².